The summed E-state index contributed by atoms with van der Waals surface area (Å²) in [7, 11) is 0. The van der Waals surface area contributed by atoms with Crippen LogP contribution in [0.5, 0.6) is 0 Å². The van der Waals surface area contributed by atoms with E-state index in [1.165, 1.54) is 5.01 Å². The number of hydrogen-bond donors (Lipinski definition) is 1. The molecule has 0 amide bonds. The van der Waals surface area contributed by atoms with Crippen molar-refractivity contribution in [2.45, 2.75) is 13.1 Å². The number of halogens is 3. The van der Waals surface area contributed by atoms with Gasteiger partial charge in [0.2, 0.25) is 0 Å². The van der Waals surface area contributed by atoms with Gasteiger partial charge in [0, 0.05) is 25.6 Å². The Balaban J connectivity index is 2.54. The van der Waals surface area contributed by atoms with Gasteiger partial charge < -0.3 is 4.74 Å². The van der Waals surface area contributed by atoms with E-state index >= 15 is 0 Å². The summed E-state index contributed by atoms with van der Waals surface area (Å²) >= 11 is 0. The molecule has 1 fully saturated rings. The summed E-state index contributed by atoms with van der Waals surface area (Å²) in [5.41, 5.74) is 0. The third-order valence-electron chi connectivity index (χ3n) is 2.43. The van der Waals surface area contributed by atoms with Gasteiger partial charge in [-0.25, -0.2) is 5.01 Å². The van der Waals surface area contributed by atoms with Crippen molar-refractivity contribution in [3.8, 4) is 0 Å². The molecule has 1 aliphatic heterocycles. The quantitative estimate of drug-likeness (QED) is 0.709. The van der Waals surface area contributed by atoms with Gasteiger partial charge in [0.25, 0.3) is 0 Å². The molecule has 6 heteroatoms. The fraction of sp³-hybridized carbons (Fsp3) is 1.00. The molecular weight excluding hydrogens is 197 g/mol. The van der Waals surface area contributed by atoms with Crippen molar-refractivity contribution in [1.29, 1.82) is 0 Å². The molecule has 0 saturated carbocycles. The minimum Gasteiger partial charge on any atom is -0.381 e. The fourth-order valence-corrected chi connectivity index (χ4v) is 1.71. The molecule has 0 aliphatic carbocycles. The highest BCUT2D eigenvalue weighted by molar-refractivity contribution is 4.85. The van der Waals surface area contributed by atoms with E-state index in [2.05, 4.69) is 0 Å². The Labute approximate surface area is 81.0 Å². The van der Waals surface area contributed by atoms with Crippen LogP contribution in [0.4, 0.5) is 13.2 Å². The number of nitrogens with two attached hydrogens (primary N) is 1. The molecule has 1 saturated heterocycles. The third kappa shape index (κ3) is 2.83. The minimum atomic E-state index is -4.17. The molecule has 0 aromatic carbocycles. The van der Waals surface area contributed by atoms with Gasteiger partial charge in [-0.05, 0) is 6.92 Å². The highest BCUT2D eigenvalue weighted by atomic mass is 19.4. The van der Waals surface area contributed by atoms with Crippen LogP contribution in [0, 0.1) is 11.8 Å². The zero-order chi connectivity index (χ0) is 10.8. The molecule has 0 aromatic rings. The number of hydrogen-bond acceptors (Lipinski definition) is 3. The monoisotopic (exact) mass is 212 g/mol. The average molecular weight is 212 g/mol. The first-order valence-corrected chi connectivity index (χ1v) is 4.59. The Bertz CT molecular complexity index is 186. The Morgan fingerprint density at radius 1 is 1.43 bits per heavy atom. The molecule has 3 nitrogen and oxygen atoms in total. The number of rotatable bonds is 3. The first-order chi connectivity index (χ1) is 6.45. The first-order valence-electron chi connectivity index (χ1n) is 4.59. The topological polar surface area (TPSA) is 38.5 Å². The van der Waals surface area contributed by atoms with Gasteiger partial charge in [0.15, 0.2) is 0 Å². The highest BCUT2D eigenvalue weighted by Gasteiger charge is 2.49. The van der Waals surface area contributed by atoms with Crippen LogP contribution in [0.3, 0.4) is 0 Å². The standard InChI is InChI=1S/C8H15F3N2O/c1-2-14-5-6-3-13(12)4-7(6)8(9,10)11/h6-7H,2-5,12H2,1H3/t6-,7-/m0/s1. The van der Waals surface area contributed by atoms with E-state index in [1.54, 1.807) is 6.92 Å². The van der Waals surface area contributed by atoms with Crippen LogP contribution in [0.1, 0.15) is 6.92 Å². The van der Waals surface area contributed by atoms with Crippen LogP contribution in [0.2, 0.25) is 0 Å². The molecule has 1 rings (SSSR count). The van der Waals surface area contributed by atoms with Gasteiger partial charge in [0.05, 0.1) is 12.5 Å². The summed E-state index contributed by atoms with van der Waals surface area (Å²) in [5, 5.41) is 1.21. The Hall–Kier alpha value is -0.330. The van der Waals surface area contributed by atoms with Crippen LogP contribution < -0.4 is 5.84 Å². The van der Waals surface area contributed by atoms with Crippen molar-refractivity contribution in [3.63, 3.8) is 0 Å². The zero-order valence-corrected chi connectivity index (χ0v) is 8.05. The van der Waals surface area contributed by atoms with E-state index in [-0.39, 0.29) is 19.7 Å². The molecule has 1 aliphatic rings. The summed E-state index contributed by atoms with van der Waals surface area (Å²) in [6.07, 6.45) is -4.17. The minimum absolute atomic E-state index is 0.124. The smallest absolute Gasteiger partial charge is 0.381 e. The molecular formula is C8H15F3N2O. The predicted molar refractivity (Wildman–Crippen MR) is 45.3 cm³/mol. The normalized spacial score (nSPS) is 29.8. The highest BCUT2D eigenvalue weighted by Crippen LogP contribution is 2.36. The van der Waals surface area contributed by atoms with E-state index in [9.17, 15) is 13.2 Å². The molecule has 0 radical (unpaired) electrons. The van der Waals surface area contributed by atoms with Crippen molar-refractivity contribution in [3.05, 3.63) is 0 Å². The predicted octanol–water partition coefficient (Wildman–Crippen LogP) is 1.01. The summed E-state index contributed by atoms with van der Waals surface area (Å²) < 4.78 is 42.4. The largest absolute Gasteiger partial charge is 0.393 e. The average Bonchev–Trinajstić information content (AvgIpc) is 2.42. The van der Waals surface area contributed by atoms with Crippen LogP contribution in [0.15, 0.2) is 0 Å². The van der Waals surface area contributed by atoms with Crippen molar-refractivity contribution in [2.75, 3.05) is 26.3 Å². The second-order valence-corrected chi connectivity index (χ2v) is 3.52. The molecule has 0 aromatic heterocycles. The molecule has 0 spiro atoms. The maximum Gasteiger partial charge on any atom is 0.393 e. The van der Waals surface area contributed by atoms with Gasteiger partial charge in [-0.1, -0.05) is 0 Å². The summed E-state index contributed by atoms with van der Waals surface area (Å²) in [6.45, 7) is 2.46. The van der Waals surface area contributed by atoms with E-state index in [0.29, 0.717) is 6.61 Å². The summed E-state index contributed by atoms with van der Waals surface area (Å²) in [5.74, 6) is 3.49. The second-order valence-electron chi connectivity index (χ2n) is 3.52. The van der Waals surface area contributed by atoms with Crippen molar-refractivity contribution < 1.29 is 17.9 Å². The SMILES string of the molecule is CCOC[C@@H]1CN(N)C[C@@H]1C(F)(F)F. The van der Waals surface area contributed by atoms with E-state index < -0.39 is 18.0 Å². The van der Waals surface area contributed by atoms with E-state index in [0.717, 1.165) is 0 Å². The lowest BCUT2D eigenvalue weighted by Gasteiger charge is -2.20. The van der Waals surface area contributed by atoms with Gasteiger partial charge in [-0.3, -0.25) is 5.84 Å². The van der Waals surface area contributed by atoms with Gasteiger partial charge in [0.1, 0.15) is 0 Å². The lowest BCUT2D eigenvalue weighted by atomic mass is 9.96. The van der Waals surface area contributed by atoms with E-state index in [1.807, 2.05) is 0 Å². The van der Waals surface area contributed by atoms with Gasteiger partial charge in [-0.2, -0.15) is 13.2 Å². The zero-order valence-electron chi connectivity index (χ0n) is 8.05. The third-order valence-corrected chi connectivity index (χ3v) is 2.43. The van der Waals surface area contributed by atoms with Crippen LogP contribution in [0.25, 0.3) is 0 Å². The summed E-state index contributed by atoms with van der Waals surface area (Å²) in [4.78, 5) is 0. The molecule has 2 N–H and O–H groups in total. The van der Waals surface area contributed by atoms with Crippen molar-refractivity contribution >= 4 is 0 Å². The maximum atomic E-state index is 12.5. The summed E-state index contributed by atoms with van der Waals surface area (Å²) in [6, 6.07) is 0. The lowest BCUT2D eigenvalue weighted by molar-refractivity contribution is -0.184. The first kappa shape index (κ1) is 11.7. The molecule has 1 heterocycles. The lowest BCUT2D eigenvalue weighted by Crippen LogP contribution is -2.33. The number of hydrazine groups is 1. The maximum absolute atomic E-state index is 12.5. The van der Waals surface area contributed by atoms with Crippen LogP contribution >= 0.6 is 0 Å². The van der Waals surface area contributed by atoms with Crippen molar-refractivity contribution in [2.24, 2.45) is 17.7 Å². The van der Waals surface area contributed by atoms with Crippen LogP contribution in [-0.4, -0.2) is 37.5 Å². The molecule has 2 atom stereocenters. The Kier molecular flexibility index (Phi) is 3.74. The Morgan fingerprint density at radius 2 is 2.07 bits per heavy atom. The van der Waals surface area contributed by atoms with E-state index in [4.69, 9.17) is 10.6 Å². The fourth-order valence-electron chi connectivity index (χ4n) is 1.71. The molecule has 14 heavy (non-hydrogen) atoms. The number of ether oxygens (including phenoxy) is 1. The van der Waals surface area contributed by atoms with Crippen molar-refractivity contribution in [1.82, 2.24) is 5.01 Å². The molecule has 84 valence electrons. The van der Waals surface area contributed by atoms with Crippen LogP contribution in [-0.2, 0) is 4.74 Å². The Morgan fingerprint density at radius 3 is 2.57 bits per heavy atom. The molecule has 0 unspecified atom stereocenters. The van der Waals surface area contributed by atoms with Gasteiger partial charge >= 0.3 is 6.18 Å². The molecule has 0 bridgehead atoms. The van der Waals surface area contributed by atoms with Gasteiger partial charge in [-0.15, -0.1) is 0 Å². The number of alkyl halides is 3. The second kappa shape index (κ2) is 4.46. The number of nitrogens with zero attached hydrogens (tertiary/aromatic N) is 1.